The molecule has 0 radical (unpaired) electrons. The average molecular weight is 744 g/mol. The Morgan fingerprint density at radius 2 is 1.73 bits per heavy atom. The fourth-order valence-corrected chi connectivity index (χ4v) is 8.90. The molecule has 280 valence electrons. The zero-order valence-electron chi connectivity index (χ0n) is 30.3. The van der Waals surface area contributed by atoms with Gasteiger partial charge in [-0.25, -0.2) is 23.8 Å². The van der Waals surface area contributed by atoms with Crippen LogP contribution in [0.2, 0.25) is 0 Å². The predicted molar refractivity (Wildman–Crippen MR) is 200 cm³/mol. The Morgan fingerprint density at radius 1 is 1.02 bits per heavy atom. The monoisotopic (exact) mass is 743 g/mol. The van der Waals surface area contributed by atoms with Crippen molar-refractivity contribution in [3.63, 3.8) is 0 Å². The summed E-state index contributed by atoms with van der Waals surface area (Å²) in [5, 5.41) is 20.6. The second-order valence-electron chi connectivity index (χ2n) is 14.6. The summed E-state index contributed by atoms with van der Waals surface area (Å²) in [6, 6.07) is 18.2. The first kappa shape index (κ1) is 34.7. The molecular weight excluding hydrogens is 705 g/mol. The van der Waals surface area contributed by atoms with Crippen molar-refractivity contribution in [2.24, 2.45) is 0 Å². The zero-order valence-corrected chi connectivity index (χ0v) is 30.3. The Balaban J connectivity index is 0.915. The van der Waals surface area contributed by atoms with Crippen LogP contribution in [0.25, 0.3) is 33.4 Å². The number of rotatable bonds is 7. The number of aryl methyl sites for hydroxylation is 1. The number of carbonyl (C=O) groups excluding carboxylic acids is 3. The molecule has 0 bridgehead atoms. The van der Waals surface area contributed by atoms with Gasteiger partial charge in [-0.3, -0.25) is 4.79 Å². The van der Waals surface area contributed by atoms with E-state index in [9.17, 15) is 24.3 Å². The lowest BCUT2D eigenvalue weighted by Crippen LogP contribution is -2.44. The molecule has 9 rings (SSSR count). The number of cyclic esters (lactones) is 1. The minimum absolute atomic E-state index is 0.00114. The van der Waals surface area contributed by atoms with Crippen molar-refractivity contribution in [1.82, 2.24) is 25.5 Å². The molecule has 55 heavy (non-hydrogen) atoms. The third-order valence-corrected chi connectivity index (χ3v) is 11.7. The van der Waals surface area contributed by atoms with Crippen LogP contribution in [0.4, 0.5) is 14.0 Å². The summed E-state index contributed by atoms with van der Waals surface area (Å²) in [4.78, 5) is 57.4. The average Bonchev–Trinajstić information content (AvgIpc) is 3.72. The maximum absolute atomic E-state index is 15.3. The summed E-state index contributed by atoms with van der Waals surface area (Å²) in [5.74, 6) is -1.30. The number of carbonyl (C=O) groups is 3. The number of fused-ring (bicyclic) bond motifs is 8. The van der Waals surface area contributed by atoms with Crippen molar-refractivity contribution >= 4 is 29.0 Å². The molecule has 0 spiro atoms. The van der Waals surface area contributed by atoms with Crippen LogP contribution in [0.15, 0.2) is 65.5 Å². The number of nitrogens with one attached hydrogen (secondary N) is 3. The summed E-state index contributed by atoms with van der Waals surface area (Å²) in [7, 11) is 0. The standard InChI is InChI=1S/C42H38FN5O7/c1-3-42(53)30-16-34-37-27(18-48(34)38(49)29(30)20-54-39(42)50)36-32(13-12-22-21(2)31(43)17-33(46-37)35(22)36)47-40(51)44-14-15-45-41(52)55-19-28-25-10-6-4-8-23(25)24-9-5-7-11-26(24)28/h4-11,16-17,28,32,53H,3,12-15,18-20H2,1-2H3,(H,45,52)(H2,44,47,51)/t32-,42-/m0/s1. The van der Waals surface area contributed by atoms with Gasteiger partial charge in [0.25, 0.3) is 5.56 Å². The molecule has 2 aliphatic heterocycles. The molecule has 5 aromatic rings. The van der Waals surface area contributed by atoms with Gasteiger partial charge < -0.3 is 35.1 Å². The van der Waals surface area contributed by atoms with E-state index in [1.807, 2.05) is 24.3 Å². The second-order valence-corrected chi connectivity index (χ2v) is 14.6. The van der Waals surface area contributed by atoms with E-state index in [-0.39, 0.29) is 56.3 Å². The van der Waals surface area contributed by atoms with E-state index in [1.54, 1.807) is 19.9 Å². The molecule has 4 aliphatic rings. The van der Waals surface area contributed by atoms with Crippen molar-refractivity contribution in [3.05, 3.63) is 121 Å². The van der Waals surface area contributed by atoms with Gasteiger partial charge in [0.05, 0.1) is 35.1 Å². The quantitative estimate of drug-likeness (QED) is 0.126. The number of benzene rings is 3. The highest BCUT2D eigenvalue weighted by Gasteiger charge is 2.46. The maximum atomic E-state index is 15.3. The molecule has 0 saturated heterocycles. The van der Waals surface area contributed by atoms with Gasteiger partial charge in [-0.15, -0.1) is 0 Å². The number of halogens is 1. The van der Waals surface area contributed by atoms with Crippen molar-refractivity contribution < 1.29 is 33.4 Å². The molecule has 0 unspecified atom stereocenters. The molecule has 0 fully saturated rings. The minimum atomic E-state index is -1.99. The van der Waals surface area contributed by atoms with Crippen LogP contribution >= 0.6 is 0 Å². The molecule has 3 amide bonds. The first-order valence-electron chi connectivity index (χ1n) is 18.5. The van der Waals surface area contributed by atoms with E-state index in [0.29, 0.717) is 40.9 Å². The molecule has 2 atom stereocenters. The number of hydrogen-bond donors (Lipinski definition) is 4. The maximum Gasteiger partial charge on any atom is 0.407 e. The first-order valence-corrected chi connectivity index (χ1v) is 18.5. The van der Waals surface area contributed by atoms with Crippen LogP contribution < -0.4 is 21.5 Å². The molecule has 12 nitrogen and oxygen atoms in total. The third-order valence-electron chi connectivity index (χ3n) is 11.7. The second kappa shape index (κ2) is 13.0. The van der Waals surface area contributed by atoms with Gasteiger partial charge in [0, 0.05) is 41.6 Å². The minimum Gasteiger partial charge on any atom is -0.458 e. The molecule has 3 aromatic carbocycles. The Hall–Kier alpha value is -6.08. The lowest BCUT2D eigenvalue weighted by molar-refractivity contribution is -0.172. The largest absolute Gasteiger partial charge is 0.458 e. The predicted octanol–water partition coefficient (Wildman–Crippen LogP) is 5.35. The lowest BCUT2D eigenvalue weighted by Gasteiger charge is -2.31. The van der Waals surface area contributed by atoms with Crippen LogP contribution in [0.5, 0.6) is 0 Å². The van der Waals surface area contributed by atoms with Gasteiger partial charge in [-0.05, 0) is 71.2 Å². The van der Waals surface area contributed by atoms with Crippen molar-refractivity contribution in [2.45, 2.75) is 63.8 Å². The number of aromatic nitrogens is 2. The number of nitrogens with zero attached hydrogens (tertiary/aromatic N) is 2. The number of alkyl carbamates (subject to hydrolysis) is 1. The van der Waals surface area contributed by atoms with E-state index >= 15 is 4.39 Å². The molecule has 2 aliphatic carbocycles. The number of pyridine rings is 2. The number of urea groups is 1. The molecule has 2 aromatic heterocycles. The third kappa shape index (κ3) is 5.39. The fourth-order valence-electron chi connectivity index (χ4n) is 8.90. The van der Waals surface area contributed by atoms with E-state index < -0.39 is 41.1 Å². The van der Waals surface area contributed by atoms with Gasteiger partial charge in [-0.2, -0.15) is 0 Å². The van der Waals surface area contributed by atoms with E-state index in [0.717, 1.165) is 38.8 Å². The highest BCUT2D eigenvalue weighted by molar-refractivity contribution is 5.94. The summed E-state index contributed by atoms with van der Waals surface area (Å²) in [6.07, 6.45) is 0.372. The molecule has 13 heteroatoms. The van der Waals surface area contributed by atoms with Gasteiger partial charge in [-0.1, -0.05) is 55.5 Å². The van der Waals surface area contributed by atoms with Gasteiger partial charge in [0.15, 0.2) is 5.60 Å². The van der Waals surface area contributed by atoms with Gasteiger partial charge >= 0.3 is 18.1 Å². The van der Waals surface area contributed by atoms with Crippen molar-refractivity contribution in [2.75, 3.05) is 19.7 Å². The number of esters is 1. The van der Waals surface area contributed by atoms with Gasteiger partial charge in [0.2, 0.25) is 0 Å². The van der Waals surface area contributed by atoms with Crippen molar-refractivity contribution in [3.8, 4) is 22.5 Å². The number of amides is 3. The van der Waals surface area contributed by atoms with E-state index in [4.69, 9.17) is 14.5 Å². The Kier molecular flexibility index (Phi) is 8.23. The number of ether oxygens (including phenoxy) is 2. The topological polar surface area (TPSA) is 161 Å². The highest BCUT2D eigenvalue weighted by Crippen LogP contribution is 2.47. The number of hydrogen-bond acceptors (Lipinski definition) is 8. The number of aliphatic hydroxyl groups is 1. The van der Waals surface area contributed by atoms with Gasteiger partial charge in [0.1, 0.15) is 19.0 Å². The highest BCUT2D eigenvalue weighted by atomic mass is 19.1. The Morgan fingerprint density at radius 3 is 2.45 bits per heavy atom. The van der Waals surface area contributed by atoms with Crippen LogP contribution in [0.1, 0.15) is 76.2 Å². The van der Waals surface area contributed by atoms with Crippen LogP contribution in [0.3, 0.4) is 0 Å². The summed E-state index contributed by atoms with van der Waals surface area (Å²) >= 11 is 0. The molecule has 4 N–H and O–H groups in total. The molecule has 4 heterocycles. The van der Waals surface area contributed by atoms with Crippen LogP contribution in [-0.4, -0.2) is 52.4 Å². The first-order chi connectivity index (χ1) is 26.6. The van der Waals surface area contributed by atoms with Crippen molar-refractivity contribution in [1.29, 1.82) is 0 Å². The lowest BCUT2D eigenvalue weighted by atomic mass is 9.81. The Labute approximate surface area is 314 Å². The SMILES string of the molecule is CC[C@@]1(O)C(=O)OCc2c1cc1n(c2=O)Cc2c-1nc1cc(F)c(C)c3c1c2[C@@H](NC(=O)NCCNC(=O)OCC1c2ccccc2-c2ccccc21)CC3. The van der Waals surface area contributed by atoms with Crippen LogP contribution in [0, 0.1) is 12.7 Å². The van der Waals surface area contributed by atoms with E-state index in [1.165, 1.54) is 10.6 Å². The normalized spacial score (nSPS) is 18.8. The fraction of sp³-hybridized carbons (Fsp3) is 0.310. The summed E-state index contributed by atoms with van der Waals surface area (Å²) in [6.45, 7) is 3.66. The summed E-state index contributed by atoms with van der Waals surface area (Å²) < 4.78 is 27.6. The molecular formula is C42H38FN5O7. The molecule has 0 saturated carbocycles. The smallest absolute Gasteiger partial charge is 0.407 e. The van der Waals surface area contributed by atoms with E-state index in [2.05, 4.69) is 40.2 Å². The Bertz CT molecular complexity index is 2510. The van der Waals surface area contributed by atoms with Crippen LogP contribution in [-0.2, 0) is 39.4 Å². The summed E-state index contributed by atoms with van der Waals surface area (Å²) in [5.41, 5.74) is 6.44. The zero-order chi connectivity index (χ0) is 38.2.